The first-order chi connectivity index (χ1) is 14.2. The number of rotatable bonds is 5. The molecule has 0 saturated carbocycles. The largest absolute Gasteiger partial charge is 0.465 e. The molecule has 0 aliphatic carbocycles. The summed E-state index contributed by atoms with van der Waals surface area (Å²) in [5, 5.41) is 0. The van der Waals surface area contributed by atoms with Gasteiger partial charge in [-0.2, -0.15) is 0 Å². The third-order valence-corrected chi connectivity index (χ3v) is 5.56. The van der Waals surface area contributed by atoms with Gasteiger partial charge in [-0.1, -0.05) is 42.5 Å². The first kappa shape index (κ1) is 19.1. The van der Waals surface area contributed by atoms with Crippen LogP contribution in [0.1, 0.15) is 46.8 Å². The molecule has 0 N–H and O–H groups in total. The minimum absolute atomic E-state index is 0.123. The van der Waals surface area contributed by atoms with Crippen molar-refractivity contribution >= 4 is 11.7 Å². The molecule has 0 amide bonds. The fourth-order valence-electron chi connectivity index (χ4n) is 4.21. The molecule has 0 bridgehead atoms. The fourth-order valence-corrected chi connectivity index (χ4v) is 4.21. The topological polar surface area (TPSA) is 38.8 Å². The molecule has 1 heterocycles. The Morgan fingerprint density at radius 1 is 0.897 bits per heavy atom. The molecular formula is C25H25NO3. The molecule has 3 aromatic rings. The van der Waals surface area contributed by atoms with Crippen LogP contribution < -0.4 is 9.64 Å². The summed E-state index contributed by atoms with van der Waals surface area (Å²) < 4.78 is 11.4. The van der Waals surface area contributed by atoms with Gasteiger partial charge in [-0.3, -0.25) is 0 Å². The monoisotopic (exact) mass is 387 g/mol. The van der Waals surface area contributed by atoms with Gasteiger partial charge in [0.25, 0.3) is 0 Å². The fraction of sp³-hybridized carbons (Fsp3) is 0.240. The molecule has 1 aliphatic rings. The number of esters is 1. The molecule has 1 aliphatic heterocycles. The third-order valence-electron chi connectivity index (χ3n) is 5.56. The molecule has 1 unspecified atom stereocenters. The van der Waals surface area contributed by atoms with Crippen LogP contribution >= 0.6 is 0 Å². The van der Waals surface area contributed by atoms with E-state index >= 15 is 0 Å². The molecule has 1 atom stereocenters. The van der Waals surface area contributed by atoms with Crippen molar-refractivity contribution in [1.82, 2.24) is 0 Å². The Bertz CT molecular complexity index is 1040. The van der Waals surface area contributed by atoms with E-state index in [9.17, 15) is 4.79 Å². The average Bonchev–Trinajstić information content (AvgIpc) is 2.78. The van der Waals surface area contributed by atoms with Crippen LogP contribution in [0.5, 0.6) is 11.5 Å². The normalized spacial score (nSPS) is 14.4. The smallest absolute Gasteiger partial charge is 0.338 e. The van der Waals surface area contributed by atoms with Crippen LogP contribution in [0.2, 0.25) is 0 Å². The van der Waals surface area contributed by atoms with Crippen LogP contribution in [0, 0.1) is 0 Å². The summed E-state index contributed by atoms with van der Waals surface area (Å²) >= 11 is 0. The van der Waals surface area contributed by atoms with E-state index in [0.717, 1.165) is 47.0 Å². The van der Waals surface area contributed by atoms with E-state index in [-0.39, 0.29) is 11.9 Å². The molecule has 29 heavy (non-hydrogen) atoms. The second-order valence-electron chi connectivity index (χ2n) is 7.01. The number of nitrogens with zero attached hydrogens (tertiary/aromatic N) is 1. The van der Waals surface area contributed by atoms with Gasteiger partial charge in [0.05, 0.1) is 12.7 Å². The second kappa shape index (κ2) is 8.00. The van der Waals surface area contributed by atoms with Gasteiger partial charge < -0.3 is 14.4 Å². The highest BCUT2D eigenvalue weighted by molar-refractivity contribution is 5.92. The van der Waals surface area contributed by atoms with Crippen molar-refractivity contribution in [2.24, 2.45) is 0 Å². The van der Waals surface area contributed by atoms with Crippen molar-refractivity contribution in [2.75, 3.05) is 25.1 Å². The maximum Gasteiger partial charge on any atom is 0.338 e. The molecule has 4 rings (SSSR count). The summed E-state index contributed by atoms with van der Waals surface area (Å²) in [5.41, 5.74) is 4.78. The van der Waals surface area contributed by atoms with Gasteiger partial charge >= 0.3 is 5.97 Å². The van der Waals surface area contributed by atoms with E-state index in [0.29, 0.717) is 5.56 Å². The van der Waals surface area contributed by atoms with Crippen molar-refractivity contribution in [2.45, 2.75) is 19.8 Å². The lowest BCUT2D eigenvalue weighted by Crippen LogP contribution is -2.26. The summed E-state index contributed by atoms with van der Waals surface area (Å²) in [4.78, 5) is 14.9. The van der Waals surface area contributed by atoms with Gasteiger partial charge in [0, 0.05) is 35.8 Å². The van der Waals surface area contributed by atoms with Gasteiger partial charge in [-0.25, -0.2) is 4.79 Å². The van der Waals surface area contributed by atoms with Crippen LogP contribution in [0.3, 0.4) is 0 Å². The number of fused-ring (bicyclic) bond motifs is 2. The lowest BCUT2D eigenvalue weighted by molar-refractivity contribution is 0.0599. The molecular weight excluding hydrogens is 362 g/mol. The zero-order valence-electron chi connectivity index (χ0n) is 17.0. The SMILES string of the molecule is CCN(CC)c1cccc2c1C(c1ccccc1C(=O)OC)c1ccccc1O2. The van der Waals surface area contributed by atoms with E-state index in [1.165, 1.54) is 7.11 Å². The predicted octanol–water partition coefficient (Wildman–Crippen LogP) is 5.61. The molecule has 0 fully saturated rings. The number of benzene rings is 3. The summed E-state index contributed by atoms with van der Waals surface area (Å²) in [6, 6.07) is 21.9. The summed E-state index contributed by atoms with van der Waals surface area (Å²) in [6.07, 6.45) is 0. The Balaban J connectivity index is 2.02. The van der Waals surface area contributed by atoms with E-state index < -0.39 is 0 Å². The molecule has 148 valence electrons. The van der Waals surface area contributed by atoms with Gasteiger partial charge in [0.15, 0.2) is 0 Å². The molecule has 4 heteroatoms. The van der Waals surface area contributed by atoms with Gasteiger partial charge in [-0.15, -0.1) is 0 Å². The standard InChI is InChI=1S/C25H25NO3/c1-4-26(5-2)20-14-10-16-22-24(20)23(19-13-8-9-15-21(19)29-22)17-11-6-7-12-18(17)25(27)28-3/h6-16,23H,4-5H2,1-3H3. The Morgan fingerprint density at radius 2 is 1.55 bits per heavy atom. The Kier molecular flexibility index (Phi) is 5.26. The van der Waals surface area contributed by atoms with Crippen molar-refractivity contribution in [3.05, 3.63) is 89.0 Å². The molecule has 3 aromatic carbocycles. The maximum atomic E-state index is 12.6. The van der Waals surface area contributed by atoms with Crippen LogP contribution in [0.15, 0.2) is 66.7 Å². The summed E-state index contributed by atoms with van der Waals surface area (Å²) in [6.45, 7) is 6.08. The van der Waals surface area contributed by atoms with E-state index in [1.807, 2.05) is 54.6 Å². The number of hydrogen-bond donors (Lipinski definition) is 0. The van der Waals surface area contributed by atoms with Gasteiger partial charge in [0.2, 0.25) is 0 Å². The number of ether oxygens (including phenoxy) is 2. The number of anilines is 1. The van der Waals surface area contributed by atoms with Gasteiger partial charge in [-0.05, 0) is 43.7 Å². The number of hydrogen-bond acceptors (Lipinski definition) is 4. The van der Waals surface area contributed by atoms with Crippen molar-refractivity contribution in [3.8, 4) is 11.5 Å². The van der Waals surface area contributed by atoms with E-state index in [2.05, 4.69) is 30.9 Å². The molecule has 4 nitrogen and oxygen atoms in total. The minimum atomic E-state index is -0.327. The van der Waals surface area contributed by atoms with Crippen molar-refractivity contribution in [1.29, 1.82) is 0 Å². The Labute approximate surface area is 171 Å². The zero-order chi connectivity index (χ0) is 20.4. The number of methoxy groups -OCH3 is 1. The van der Waals surface area contributed by atoms with Gasteiger partial charge in [0.1, 0.15) is 11.5 Å². The van der Waals surface area contributed by atoms with Crippen LogP contribution in [0.4, 0.5) is 5.69 Å². The first-order valence-corrected chi connectivity index (χ1v) is 10.0. The van der Waals surface area contributed by atoms with E-state index in [4.69, 9.17) is 9.47 Å². The molecule has 0 radical (unpaired) electrons. The Morgan fingerprint density at radius 3 is 2.28 bits per heavy atom. The number of para-hydroxylation sites is 1. The Hall–Kier alpha value is -3.27. The van der Waals surface area contributed by atoms with E-state index in [1.54, 1.807) is 0 Å². The van der Waals surface area contributed by atoms with Crippen molar-refractivity contribution in [3.63, 3.8) is 0 Å². The molecule has 0 aromatic heterocycles. The van der Waals surface area contributed by atoms with Crippen LogP contribution in [0.25, 0.3) is 0 Å². The first-order valence-electron chi connectivity index (χ1n) is 10.0. The number of carbonyl (C=O) groups excluding carboxylic acids is 1. The highest BCUT2D eigenvalue weighted by Gasteiger charge is 2.34. The lowest BCUT2D eigenvalue weighted by atomic mass is 9.79. The predicted molar refractivity (Wildman–Crippen MR) is 115 cm³/mol. The number of carbonyl (C=O) groups is 1. The van der Waals surface area contributed by atoms with Crippen LogP contribution in [-0.4, -0.2) is 26.2 Å². The molecule has 0 saturated heterocycles. The quantitative estimate of drug-likeness (QED) is 0.418. The lowest BCUT2D eigenvalue weighted by Gasteiger charge is -2.34. The molecule has 0 spiro atoms. The van der Waals surface area contributed by atoms with Crippen LogP contribution in [-0.2, 0) is 4.74 Å². The second-order valence-corrected chi connectivity index (χ2v) is 7.01. The third kappa shape index (κ3) is 3.25. The maximum absolute atomic E-state index is 12.6. The summed E-state index contributed by atoms with van der Waals surface area (Å²) in [5.74, 6) is 1.20. The minimum Gasteiger partial charge on any atom is -0.465 e. The highest BCUT2D eigenvalue weighted by atomic mass is 16.5. The zero-order valence-corrected chi connectivity index (χ0v) is 17.0. The summed E-state index contributed by atoms with van der Waals surface area (Å²) in [7, 11) is 1.42. The highest BCUT2D eigenvalue weighted by Crippen LogP contribution is 2.51. The average molecular weight is 387 g/mol. The van der Waals surface area contributed by atoms with Crippen molar-refractivity contribution < 1.29 is 14.3 Å².